The fourth-order valence-corrected chi connectivity index (χ4v) is 6.99. The topological polar surface area (TPSA) is 105 Å². The van der Waals surface area contributed by atoms with Gasteiger partial charge in [-0.25, -0.2) is 4.57 Å². The first-order valence-electron chi connectivity index (χ1n) is 16.7. The molecule has 7 aromatic rings. The number of hydrogen-bond acceptors (Lipinski definition) is 5. The molecule has 7 nitrogen and oxygen atoms in total. The molecule has 52 heavy (non-hydrogen) atoms. The highest BCUT2D eigenvalue weighted by Crippen LogP contribution is 2.37. The summed E-state index contributed by atoms with van der Waals surface area (Å²) in [6.07, 6.45) is 0.331. The van der Waals surface area contributed by atoms with Gasteiger partial charge in [0, 0.05) is 34.8 Å². The highest BCUT2D eigenvalue weighted by atomic mass is 31.2. The summed E-state index contributed by atoms with van der Waals surface area (Å²) in [7, 11) is -1.39. The van der Waals surface area contributed by atoms with Gasteiger partial charge in [0.05, 0.1) is 20.8 Å². The summed E-state index contributed by atoms with van der Waals surface area (Å²) < 4.78 is 27.0. The first-order valence-corrected chi connectivity index (χ1v) is 18.2. The minimum absolute atomic E-state index is 0.289. The van der Waals surface area contributed by atoms with Gasteiger partial charge in [0.25, 0.3) is 0 Å². The van der Waals surface area contributed by atoms with Gasteiger partial charge in [-0.15, -0.1) is 0 Å². The molecule has 0 saturated carbocycles. The molecule has 0 aliphatic carbocycles. The largest absolute Gasteiger partial charge is 0.497 e. The highest BCUT2D eigenvalue weighted by Gasteiger charge is 2.19. The second-order valence-electron chi connectivity index (χ2n) is 12.5. The number of hydrogen-bond donors (Lipinski definition) is 3. The van der Waals surface area contributed by atoms with Crippen molar-refractivity contribution in [3.05, 3.63) is 143 Å². The van der Waals surface area contributed by atoms with Crippen molar-refractivity contribution in [2.75, 3.05) is 27.4 Å². The maximum Gasteiger partial charge on any atom is 0.469 e. The second kappa shape index (κ2) is 14.9. The SMILES string of the molecule is COc1ccc2c(C#Cc3c4ccccc4c(C#Cc4cccc5cc(OC)ccc45)c4cc(CC(CO)COP(=O)(O)O)ccc34)cccc2c1. The van der Waals surface area contributed by atoms with Crippen LogP contribution in [0.15, 0.2) is 115 Å². The van der Waals surface area contributed by atoms with Gasteiger partial charge in [-0.3, -0.25) is 4.52 Å². The average molecular weight is 707 g/mol. The van der Waals surface area contributed by atoms with Gasteiger partial charge in [0.2, 0.25) is 0 Å². The van der Waals surface area contributed by atoms with Gasteiger partial charge in [0.15, 0.2) is 0 Å². The van der Waals surface area contributed by atoms with Gasteiger partial charge in [-0.2, -0.15) is 0 Å². The van der Waals surface area contributed by atoms with Gasteiger partial charge in [0.1, 0.15) is 11.5 Å². The molecule has 1 unspecified atom stereocenters. The Hall–Kier alpha value is -5.63. The normalized spacial score (nSPS) is 11.9. The van der Waals surface area contributed by atoms with Gasteiger partial charge in [-0.1, -0.05) is 84.3 Å². The molecule has 3 N–H and O–H groups in total. The lowest BCUT2D eigenvalue weighted by atomic mass is 9.89. The third kappa shape index (κ3) is 7.38. The molecular formula is C44H35O7P. The maximum atomic E-state index is 11.4. The summed E-state index contributed by atoms with van der Waals surface area (Å²) in [5.74, 6) is 15.0. The molecule has 0 aliphatic rings. The van der Waals surface area contributed by atoms with Crippen molar-refractivity contribution in [1.82, 2.24) is 0 Å². The van der Waals surface area contributed by atoms with E-state index in [1.807, 2.05) is 103 Å². The Labute approximate surface area is 301 Å². The predicted octanol–water partition coefficient (Wildman–Crippen LogP) is 8.38. The molecule has 0 aromatic heterocycles. The van der Waals surface area contributed by atoms with Gasteiger partial charge < -0.3 is 24.4 Å². The van der Waals surface area contributed by atoms with Gasteiger partial charge in [-0.05, 0) is 110 Å². The van der Waals surface area contributed by atoms with E-state index in [1.54, 1.807) is 14.2 Å². The standard InChI is InChI=1S/C44H35O7P/c1-49-35-16-21-37-31(7-5-9-33(37)25-35)14-19-41-39-11-3-4-12-40(39)43(20-15-32-8-6-10-34-26-36(50-2)17-22-38(32)34)44-24-29(13-18-42(41)44)23-30(27-45)28-51-52(46,47)48/h3-13,16-18,21-22,24-26,30,45H,23,27-28H2,1-2H3,(H2,46,47,48). The van der Waals surface area contributed by atoms with Crippen LogP contribution in [0.5, 0.6) is 11.5 Å². The van der Waals surface area contributed by atoms with Crippen LogP contribution in [-0.4, -0.2) is 42.3 Å². The fourth-order valence-electron chi connectivity index (χ4n) is 6.59. The number of aliphatic hydroxyl groups is 1. The number of phosphoric ester groups is 1. The minimum Gasteiger partial charge on any atom is -0.497 e. The Morgan fingerprint density at radius 1 is 0.596 bits per heavy atom. The summed E-state index contributed by atoms with van der Waals surface area (Å²) in [5.41, 5.74) is 4.31. The first kappa shape index (κ1) is 34.8. The molecule has 258 valence electrons. The van der Waals surface area contributed by atoms with E-state index >= 15 is 0 Å². The zero-order chi connectivity index (χ0) is 36.2. The van der Waals surface area contributed by atoms with E-state index in [-0.39, 0.29) is 13.2 Å². The number of phosphoric acid groups is 1. The van der Waals surface area contributed by atoms with Crippen molar-refractivity contribution in [1.29, 1.82) is 0 Å². The van der Waals surface area contributed by atoms with Crippen molar-refractivity contribution in [3.8, 4) is 35.2 Å². The summed E-state index contributed by atoms with van der Waals surface area (Å²) in [5, 5.41) is 17.8. The van der Waals surface area contributed by atoms with E-state index < -0.39 is 13.7 Å². The maximum absolute atomic E-state index is 11.4. The second-order valence-corrected chi connectivity index (χ2v) is 13.7. The monoisotopic (exact) mass is 706 g/mol. The quantitative estimate of drug-likeness (QED) is 0.0829. The van der Waals surface area contributed by atoms with Crippen molar-refractivity contribution in [2.24, 2.45) is 5.92 Å². The van der Waals surface area contributed by atoms with Crippen molar-refractivity contribution in [2.45, 2.75) is 6.42 Å². The molecule has 0 spiro atoms. The number of fused-ring (bicyclic) bond motifs is 4. The summed E-state index contributed by atoms with van der Waals surface area (Å²) in [6, 6.07) is 38.1. The van der Waals surface area contributed by atoms with Crippen LogP contribution in [0.1, 0.15) is 27.8 Å². The molecule has 0 bridgehead atoms. The molecule has 0 fully saturated rings. The molecule has 0 amide bonds. The molecule has 0 aliphatic heterocycles. The number of benzene rings is 7. The Kier molecular flexibility index (Phi) is 9.99. The molecular weight excluding hydrogens is 671 g/mol. The summed E-state index contributed by atoms with van der Waals surface area (Å²) >= 11 is 0. The summed E-state index contributed by atoms with van der Waals surface area (Å²) in [4.78, 5) is 18.5. The van der Waals surface area contributed by atoms with Crippen molar-refractivity contribution in [3.63, 3.8) is 0 Å². The number of methoxy groups -OCH3 is 2. The van der Waals surface area contributed by atoms with E-state index in [4.69, 9.17) is 14.0 Å². The van der Waals surface area contributed by atoms with E-state index in [9.17, 15) is 19.5 Å². The van der Waals surface area contributed by atoms with Crippen LogP contribution in [0.4, 0.5) is 0 Å². The van der Waals surface area contributed by atoms with Crippen LogP contribution in [-0.2, 0) is 15.5 Å². The third-order valence-electron chi connectivity index (χ3n) is 9.17. The summed E-state index contributed by atoms with van der Waals surface area (Å²) in [6.45, 7) is -0.593. The zero-order valence-corrected chi connectivity index (χ0v) is 29.5. The first-order chi connectivity index (χ1) is 25.2. The lowest BCUT2D eigenvalue weighted by Crippen LogP contribution is -2.16. The molecule has 0 saturated heterocycles. The lowest BCUT2D eigenvalue weighted by Gasteiger charge is -2.16. The Morgan fingerprint density at radius 2 is 1.12 bits per heavy atom. The lowest BCUT2D eigenvalue weighted by molar-refractivity contribution is 0.129. The predicted molar refractivity (Wildman–Crippen MR) is 207 cm³/mol. The Balaban J connectivity index is 1.43. The van der Waals surface area contributed by atoms with E-state index in [1.165, 1.54) is 0 Å². The highest BCUT2D eigenvalue weighted by molar-refractivity contribution is 7.46. The Bertz CT molecular complexity index is 2650. The van der Waals surface area contributed by atoms with Crippen LogP contribution in [0.25, 0.3) is 43.1 Å². The molecule has 1 atom stereocenters. The molecule has 7 rings (SSSR count). The number of rotatable bonds is 8. The van der Waals surface area contributed by atoms with Crippen LogP contribution in [0.3, 0.4) is 0 Å². The molecule has 0 radical (unpaired) electrons. The van der Waals surface area contributed by atoms with Crippen molar-refractivity contribution >= 4 is 50.9 Å². The van der Waals surface area contributed by atoms with Crippen LogP contribution in [0, 0.1) is 29.6 Å². The van der Waals surface area contributed by atoms with E-state index in [0.29, 0.717) is 6.42 Å². The smallest absolute Gasteiger partial charge is 0.469 e. The molecule has 0 heterocycles. The minimum atomic E-state index is -4.69. The van der Waals surface area contributed by atoms with Crippen LogP contribution in [0.2, 0.25) is 0 Å². The van der Waals surface area contributed by atoms with Gasteiger partial charge >= 0.3 is 7.82 Å². The van der Waals surface area contributed by atoms with E-state index in [0.717, 1.165) is 82.4 Å². The number of ether oxygens (including phenoxy) is 2. The van der Waals surface area contributed by atoms with Crippen LogP contribution < -0.4 is 9.47 Å². The molecule has 7 aromatic carbocycles. The third-order valence-corrected chi connectivity index (χ3v) is 9.65. The molecule has 8 heteroatoms. The fraction of sp³-hybridized carbons (Fsp3) is 0.136. The number of aliphatic hydroxyl groups excluding tert-OH is 1. The zero-order valence-electron chi connectivity index (χ0n) is 28.6. The Morgan fingerprint density at radius 3 is 1.63 bits per heavy atom. The van der Waals surface area contributed by atoms with Crippen LogP contribution >= 0.6 is 7.82 Å². The van der Waals surface area contributed by atoms with E-state index in [2.05, 4.69) is 35.8 Å². The average Bonchev–Trinajstić information content (AvgIpc) is 3.16. The van der Waals surface area contributed by atoms with Crippen molar-refractivity contribution < 1.29 is 33.5 Å².